The van der Waals surface area contributed by atoms with Gasteiger partial charge in [0.15, 0.2) is 5.58 Å². The summed E-state index contributed by atoms with van der Waals surface area (Å²) >= 11 is 0. The fourth-order valence-corrected chi connectivity index (χ4v) is 3.55. The van der Waals surface area contributed by atoms with Crippen LogP contribution < -0.4 is 16.0 Å². The molecule has 0 fully saturated rings. The number of hydrogen-bond donors (Lipinski definition) is 1. The van der Waals surface area contributed by atoms with Gasteiger partial charge in [-0.25, -0.2) is 9.78 Å². The van der Waals surface area contributed by atoms with E-state index in [1.54, 1.807) is 0 Å². The van der Waals surface area contributed by atoms with Crippen molar-refractivity contribution < 1.29 is 9.15 Å². The van der Waals surface area contributed by atoms with Gasteiger partial charge in [-0.3, -0.25) is 14.3 Å². The summed E-state index contributed by atoms with van der Waals surface area (Å²) in [7, 11) is 0. The molecule has 2 aromatic heterocycles. The lowest BCUT2D eigenvalue weighted by atomic mass is 10.1. The molecule has 0 saturated heterocycles. The Morgan fingerprint density at radius 1 is 1.10 bits per heavy atom. The predicted octanol–water partition coefficient (Wildman–Crippen LogP) is 4.09. The van der Waals surface area contributed by atoms with Crippen LogP contribution in [0, 0.1) is 13.8 Å². The van der Waals surface area contributed by atoms with Gasteiger partial charge in [0.25, 0.3) is 5.56 Å². The molecule has 4 aromatic rings. The van der Waals surface area contributed by atoms with Crippen LogP contribution in [0.5, 0.6) is 11.6 Å². The number of aryl methyl sites for hydroxylation is 2. The van der Waals surface area contributed by atoms with Gasteiger partial charge in [-0.15, -0.1) is 0 Å². The third-order valence-corrected chi connectivity index (χ3v) is 4.78. The molecule has 0 saturated carbocycles. The first-order chi connectivity index (χ1) is 14.4. The van der Waals surface area contributed by atoms with Crippen molar-refractivity contribution in [1.82, 2.24) is 14.5 Å². The summed E-state index contributed by atoms with van der Waals surface area (Å²) in [6.07, 6.45) is 1.21. The predicted molar refractivity (Wildman–Crippen MR) is 114 cm³/mol. The van der Waals surface area contributed by atoms with E-state index < -0.39 is 11.2 Å². The van der Waals surface area contributed by atoms with Crippen LogP contribution in [-0.4, -0.2) is 14.5 Å². The van der Waals surface area contributed by atoms with Crippen molar-refractivity contribution in [1.29, 1.82) is 0 Å². The molecular formula is C23H23N3O4. The summed E-state index contributed by atoms with van der Waals surface area (Å²) < 4.78 is 13.3. The lowest BCUT2D eigenvalue weighted by molar-refractivity contribution is 0.397. The normalized spacial score (nSPS) is 11.2. The SMILES string of the molecule is CCCc1c(Oc2cc(C)cc(C)c2)n(Cc2nc3ccccc3o2)c(=O)[nH]c1=O. The number of para-hydroxylation sites is 2. The van der Waals surface area contributed by atoms with E-state index in [4.69, 9.17) is 9.15 Å². The highest BCUT2D eigenvalue weighted by Gasteiger charge is 2.19. The number of hydrogen-bond acceptors (Lipinski definition) is 5. The number of ether oxygens (including phenoxy) is 1. The maximum atomic E-state index is 12.7. The summed E-state index contributed by atoms with van der Waals surface area (Å²) in [4.78, 5) is 32.1. The van der Waals surface area contributed by atoms with Crippen LogP contribution in [0.4, 0.5) is 0 Å². The Morgan fingerprint density at radius 3 is 2.53 bits per heavy atom. The Bertz CT molecular complexity index is 1280. The molecule has 1 N–H and O–H groups in total. The second kappa shape index (κ2) is 8.02. The van der Waals surface area contributed by atoms with Gasteiger partial charge in [0.1, 0.15) is 17.8 Å². The van der Waals surface area contributed by atoms with E-state index in [0.717, 1.165) is 17.5 Å². The molecule has 2 heterocycles. The molecule has 0 aliphatic heterocycles. The Hall–Kier alpha value is -3.61. The van der Waals surface area contributed by atoms with Crippen molar-refractivity contribution in [2.24, 2.45) is 0 Å². The maximum absolute atomic E-state index is 12.7. The fraction of sp³-hybridized carbons (Fsp3) is 0.261. The number of H-pyrrole nitrogens is 1. The summed E-state index contributed by atoms with van der Waals surface area (Å²) in [6.45, 7) is 5.95. The Morgan fingerprint density at radius 2 is 1.83 bits per heavy atom. The first-order valence-electron chi connectivity index (χ1n) is 9.91. The van der Waals surface area contributed by atoms with E-state index in [2.05, 4.69) is 9.97 Å². The van der Waals surface area contributed by atoms with Crippen LogP contribution in [0.3, 0.4) is 0 Å². The minimum atomic E-state index is -0.568. The van der Waals surface area contributed by atoms with Crippen LogP contribution >= 0.6 is 0 Å². The highest BCUT2D eigenvalue weighted by atomic mass is 16.5. The second-order valence-corrected chi connectivity index (χ2v) is 7.38. The highest BCUT2D eigenvalue weighted by Crippen LogP contribution is 2.26. The van der Waals surface area contributed by atoms with E-state index in [9.17, 15) is 9.59 Å². The van der Waals surface area contributed by atoms with Crippen molar-refractivity contribution >= 4 is 11.1 Å². The highest BCUT2D eigenvalue weighted by molar-refractivity contribution is 5.72. The number of fused-ring (bicyclic) bond motifs is 1. The smallest absolute Gasteiger partial charge is 0.331 e. The van der Waals surface area contributed by atoms with E-state index in [-0.39, 0.29) is 12.4 Å². The molecule has 4 rings (SSSR count). The zero-order valence-electron chi connectivity index (χ0n) is 17.2. The van der Waals surface area contributed by atoms with Gasteiger partial charge >= 0.3 is 5.69 Å². The molecule has 0 unspecified atom stereocenters. The molecular weight excluding hydrogens is 382 g/mol. The number of nitrogens with zero attached hydrogens (tertiary/aromatic N) is 2. The topological polar surface area (TPSA) is 90.1 Å². The zero-order valence-corrected chi connectivity index (χ0v) is 17.2. The molecule has 0 aliphatic carbocycles. The first-order valence-corrected chi connectivity index (χ1v) is 9.91. The Balaban J connectivity index is 1.84. The van der Waals surface area contributed by atoms with Gasteiger partial charge in [-0.2, -0.15) is 0 Å². The van der Waals surface area contributed by atoms with Crippen LogP contribution in [0.25, 0.3) is 11.1 Å². The lowest BCUT2D eigenvalue weighted by Crippen LogP contribution is -2.33. The molecule has 0 aliphatic rings. The summed E-state index contributed by atoms with van der Waals surface area (Å²) in [5, 5.41) is 0. The zero-order chi connectivity index (χ0) is 21.3. The van der Waals surface area contributed by atoms with E-state index in [0.29, 0.717) is 34.7 Å². The van der Waals surface area contributed by atoms with Crippen molar-refractivity contribution in [2.45, 2.75) is 40.2 Å². The van der Waals surface area contributed by atoms with Gasteiger partial charge < -0.3 is 9.15 Å². The largest absolute Gasteiger partial charge is 0.440 e. The van der Waals surface area contributed by atoms with Crippen LogP contribution in [-0.2, 0) is 13.0 Å². The molecule has 154 valence electrons. The van der Waals surface area contributed by atoms with Crippen molar-refractivity contribution in [2.75, 3.05) is 0 Å². The van der Waals surface area contributed by atoms with Gasteiger partial charge in [0.05, 0.1) is 5.56 Å². The van der Waals surface area contributed by atoms with Crippen molar-refractivity contribution in [3.8, 4) is 11.6 Å². The number of aromatic nitrogens is 3. The first kappa shape index (κ1) is 19.7. The molecule has 0 radical (unpaired) electrons. The minimum absolute atomic E-state index is 0.0428. The standard InChI is InChI=1S/C23H23N3O4/c1-4-7-17-21(27)25-23(28)26(13-20-24-18-8-5-6-9-19(18)30-20)22(17)29-16-11-14(2)10-15(3)12-16/h5-6,8-12H,4,7,13H2,1-3H3,(H,25,27,28). The number of oxazole rings is 1. The van der Waals surface area contributed by atoms with Gasteiger partial charge in [-0.1, -0.05) is 31.5 Å². The number of benzene rings is 2. The minimum Gasteiger partial charge on any atom is -0.440 e. The second-order valence-electron chi connectivity index (χ2n) is 7.38. The van der Waals surface area contributed by atoms with Crippen LogP contribution in [0.1, 0.15) is 35.9 Å². The average Bonchev–Trinajstić information content (AvgIpc) is 3.09. The number of nitrogens with one attached hydrogen (secondary N) is 1. The molecule has 30 heavy (non-hydrogen) atoms. The number of aromatic amines is 1. The Kier molecular flexibility index (Phi) is 5.27. The van der Waals surface area contributed by atoms with E-state index in [1.165, 1.54) is 4.57 Å². The maximum Gasteiger partial charge on any atom is 0.331 e. The van der Waals surface area contributed by atoms with E-state index >= 15 is 0 Å². The number of rotatable bonds is 6. The summed E-state index contributed by atoms with van der Waals surface area (Å²) in [5.74, 6) is 1.15. The molecule has 7 heteroatoms. The summed E-state index contributed by atoms with van der Waals surface area (Å²) in [6, 6.07) is 13.2. The Labute approximate surface area is 173 Å². The molecule has 2 aromatic carbocycles. The van der Waals surface area contributed by atoms with Gasteiger partial charge in [0.2, 0.25) is 11.8 Å². The molecule has 0 atom stereocenters. The van der Waals surface area contributed by atoms with Gasteiger partial charge in [-0.05, 0) is 55.7 Å². The van der Waals surface area contributed by atoms with Crippen molar-refractivity contribution in [3.63, 3.8) is 0 Å². The quantitative estimate of drug-likeness (QED) is 0.522. The molecule has 0 spiro atoms. The van der Waals surface area contributed by atoms with Gasteiger partial charge in [0, 0.05) is 0 Å². The van der Waals surface area contributed by atoms with Crippen molar-refractivity contribution in [3.05, 3.63) is 85.9 Å². The fourth-order valence-electron chi connectivity index (χ4n) is 3.55. The monoisotopic (exact) mass is 405 g/mol. The third kappa shape index (κ3) is 3.91. The molecule has 7 nitrogen and oxygen atoms in total. The molecule has 0 bridgehead atoms. The average molecular weight is 405 g/mol. The van der Waals surface area contributed by atoms with E-state index in [1.807, 2.05) is 63.2 Å². The molecule has 0 amide bonds. The third-order valence-electron chi connectivity index (χ3n) is 4.78. The van der Waals surface area contributed by atoms with Crippen LogP contribution in [0.2, 0.25) is 0 Å². The summed E-state index contributed by atoms with van der Waals surface area (Å²) in [5.41, 5.74) is 2.81. The lowest BCUT2D eigenvalue weighted by Gasteiger charge is -2.16. The van der Waals surface area contributed by atoms with Crippen LogP contribution in [0.15, 0.2) is 56.5 Å².